The first kappa shape index (κ1) is 16.9. The molecule has 0 saturated carbocycles. The maximum atomic E-state index is 12.4. The number of hydrogen-bond acceptors (Lipinski definition) is 7. The number of hydrazone groups is 1. The van der Waals surface area contributed by atoms with Gasteiger partial charge in [0.1, 0.15) is 0 Å². The van der Waals surface area contributed by atoms with E-state index in [1.54, 1.807) is 12.4 Å². The van der Waals surface area contributed by atoms with Crippen molar-refractivity contribution >= 4 is 26.8 Å². The second-order valence-corrected chi connectivity index (χ2v) is 8.51. The molecule has 0 unspecified atom stereocenters. The Balaban J connectivity index is 1.55. The number of aromatic nitrogens is 2. The molecule has 2 aliphatic heterocycles. The molecule has 1 aromatic heterocycles. The highest BCUT2D eigenvalue weighted by Crippen LogP contribution is 2.38. The molecule has 9 heteroatoms. The monoisotopic (exact) mass is 396 g/mol. The van der Waals surface area contributed by atoms with Crippen LogP contribution in [0.15, 0.2) is 53.9 Å². The van der Waals surface area contributed by atoms with E-state index in [0.29, 0.717) is 29.1 Å². The Bertz CT molecular complexity index is 1230. The Morgan fingerprint density at radius 2 is 1.79 bits per heavy atom. The van der Waals surface area contributed by atoms with E-state index in [0.717, 1.165) is 22.9 Å². The molecule has 28 heavy (non-hydrogen) atoms. The van der Waals surface area contributed by atoms with Gasteiger partial charge in [0, 0.05) is 24.4 Å². The number of hydrogen-bond donors (Lipinski definition) is 0. The van der Waals surface area contributed by atoms with E-state index < -0.39 is 16.1 Å². The van der Waals surface area contributed by atoms with Gasteiger partial charge in [0.05, 0.1) is 29.0 Å². The predicted octanol–water partition coefficient (Wildman–Crippen LogP) is 2.47. The van der Waals surface area contributed by atoms with E-state index in [1.807, 2.05) is 36.4 Å². The smallest absolute Gasteiger partial charge is 0.247 e. The number of sulfonamides is 1. The number of benzene rings is 2. The van der Waals surface area contributed by atoms with Gasteiger partial charge in [-0.2, -0.15) is 9.52 Å². The molecule has 0 aliphatic carbocycles. The third-order valence-electron chi connectivity index (χ3n) is 4.80. The molecular weight excluding hydrogens is 380 g/mol. The molecule has 0 amide bonds. The fourth-order valence-electron chi connectivity index (χ4n) is 3.48. The van der Waals surface area contributed by atoms with Crippen LogP contribution in [0.3, 0.4) is 0 Å². The van der Waals surface area contributed by atoms with E-state index in [9.17, 15) is 8.42 Å². The van der Waals surface area contributed by atoms with Crippen molar-refractivity contribution in [2.75, 3.05) is 13.0 Å². The summed E-state index contributed by atoms with van der Waals surface area (Å²) in [4.78, 5) is 8.58. The summed E-state index contributed by atoms with van der Waals surface area (Å²) in [6.07, 6.45) is 4.84. The Morgan fingerprint density at radius 1 is 1.00 bits per heavy atom. The molecule has 0 spiro atoms. The molecular formula is C19H16N4O4S. The van der Waals surface area contributed by atoms with Crippen molar-refractivity contribution < 1.29 is 17.9 Å². The fourth-order valence-corrected chi connectivity index (χ4v) is 4.39. The highest BCUT2D eigenvalue weighted by Gasteiger charge is 2.35. The van der Waals surface area contributed by atoms with Gasteiger partial charge in [-0.15, -0.1) is 0 Å². The van der Waals surface area contributed by atoms with Gasteiger partial charge >= 0.3 is 0 Å². The molecule has 2 aromatic carbocycles. The van der Waals surface area contributed by atoms with Crippen molar-refractivity contribution in [1.82, 2.24) is 14.4 Å². The standard InChI is InChI=1S/C19H16N4O4S/c1-28(24,25)23-17(13-2-4-14-16(8-13)21-7-6-20-14)10-15(22-23)12-3-5-18-19(9-12)27-11-26-18/h2-9,17H,10-11H2,1H3/t17-/m1/s1. The maximum Gasteiger partial charge on any atom is 0.247 e. The van der Waals surface area contributed by atoms with Crippen LogP contribution in [0.5, 0.6) is 11.5 Å². The van der Waals surface area contributed by atoms with Gasteiger partial charge in [0.2, 0.25) is 16.8 Å². The second-order valence-electron chi connectivity index (χ2n) is 6.67. The van der Waals surface area contributed by atoms with Crippen LogP contribution in [-0.4, -0.2) is 41.6 Å². The van der Waals surface area contributed by atoms with Crippen LogP contribution < -0.4 is 9.47 Å². The summed E-state index contributed by atoms with van der Waals surface area (Å²) in [5, 5.41) is 4.42. The number of ether oxygens (including phenoxy) is 2. The Morgan fingerprint density at radius 3 is 2.61 bits per heavy atom. The van der Waals surface area contributed by atoms with Crippen molar-refractivity contribution in [3.63, 3.8) is 0 Å². The molecule has 0 N–H and O–H groups in total. The van der Waals surface area contributed by atoms with E-state index in [1.165, 1.54) is 4.41 Å². The van der Waals surface area contributed by atoms with Gasteiger partial charge in [-0.3, -0.25) is 9.97 Å². The van der Waals surface area contributed by atoms with E-state index in [-0.39, 0.29) is 6.79 Å². The van der Waals surface area contributed by atoms with Crippen LogP contribution >= 0.6 is 0 Å². The Hall–Kier alpha value is -3.20. The largest absolute Gasteiger partial charge is 0.454 e. The molecule has 0 saturated heterocycles. The second kappa shape index (κ2) is 6.16. The highest BCUT2D eigenvalue weighted by atomic mass is 32.2. The first-order chi connectivity index (χ1) is 13.5. The lowest BCUT2D eigenvalue weighted by molar-refractivity contribution is 0.174. The SMILES string of the molecule is CS(=O)(=O)N1N=C(c2ccc3c(c2)OCO3)C[C@@H]1c1ccc2nccnc2c1. The lowest BCUT2D eigenvalue weighted by atomic mass is 9.98. The topological polar surface area (TPSA) is 94.0 Å². The normalized spacial score (nSPS) is 18.5. The molecule has 3 aromatic rings. The molecule has 142 valence electrons. The van der Waals surface area contributed by atoms with Gasteiger partial charge in [-0.05, 0) is 35.9 Å². The van der Waals surface area contributed by atoms with E-state index in [4.69, 9.17) is 9.47 Å². The van der Waals surface area contributed by atoms with E-state index in [2.05, 4.69) is 15.1 Å². The van der Waals surface area contributed by atoms with Crippen molar-refractivity contribution in [1.29, 1.82) is 0 Å². The molecule has 8 nitrogen and oxygen atoms in total. The van der Waals surface area contributed by atoms with Crippen molar-refractivity contribution in [3.8, 4) is 11.5 Å². The first-order valence-corrected chi connectivity index (χ1v) is 10.5. The third-order valence-corrected chi connectivity index (χ3v) is 5.81. The Kier molecular flexibility index (Phi) is 3.73. The zero-order valence-corrected chi connectivity index (χ0v) is 15.8. The van der Waals surface area contributed by atoms with Crippen LogP contribution in [-0.2, 0) is 10.0 Å². The zero-order valence-electron chi connectivity index (χ0n) is 14.9. The third kappa shape index (κ3) is 2.84. The van der Waals surface area contributed by atoms with Crippen LogP contribution in [0.25, 0.3) is 11.0 Å². The van der Waals surface area contributed by atoms with Crippen LogP contribution in [0, 0.1) is 0 Å². The summed E-state index contributed by atoms with van der Waals surface area (Å²) >= 11 is 0. The molecule has 5 rings (SSSR count). The van der Waals surface area contributed by atoms with Gasteiger partial charge in [-0.25, -0.2) is 8.42 Å². The summed E-state index contributed by atoms with van der Waals surface area (Å²) < 4.78 is 36.7. The average molecular weight is 396 g/mol. The quantitative estimate of drug-likeness (QED) is 0.675. The lowest BCUT2D eigenvalue weighted by Crippen LogP contribution is -2.25. The van der Waals surface area contributed by atoms with Gasteiger partial charge in [-0.1, -0.05) is 6.07 Å². The molecule has 0 fully saturated rings. The van der Waals surface area contributed by atoms with Crippen LogP contribution in [0.2, 0.25) is 0 Å². The summed E-state index contributed by atoms with van der Waals surface area (Å²) in [6.45, 7) is 0.182. The van der Waals surface area contributed by atoms with Gasteiger partial charge in [0.25, 0.3) is 0 Å². The predicted molar refractivity (Wildman–Crippen MR) is 103 cm³/mol. The molecule has 3 heterocycles. The van der Waals surface area contributed by atoms with Crippen molar-refractivity contribution in [3.05, 3.63) is 59.9 Å². The minimum Gasteiger partial charge on any atom is -0.454 e. The Labute approximate surface area is 161 Å². The summed E-state index contributed by atoms with van der Waals surface area (Å²) in [7, 11) is -3.55. The summed E-state index contributed by atoms with van der Waals surface area (Å²) in [5.41, 5.74) is 3.77. The molecule has 0 bridgehead atoms. The minimum absolute atomic E-state index is 0.182. The zero-order chi connectivity index (χ0) is 19.3. The van der Waals surface area contributed by atoms with E-state index >= 15 is 0 Å². The van der Waals surface area contributed by atoms with Gasteiger partial charge in [0.15, 0.2) is 11.5 Å². The molecule has 0 radical (unpaired) electrons. The maximum absolute atomic E-state index is 12.4. The van der Waals surface area contributed by atoms with Crippen LogP contribution in [0.4, 0.5) is 0 Å². The first-order valence-electron chi connectivity index (χ1n) is 8.67. The molecule has 1 atom stereocenters. The number of rotatable bonds is 3. The molecule has 2 aliphatic rings. The van der Waals surface area contributed by atoms with Gasteiger partial charge < -0.3 is 9.47 Å². The fraction of sp³-hybridized carbons (Fsp3) is 0.211. The van der Waals surface area contributed by atoms with Crippen molar-refractivity contribution in [2.45, 2.75) is 12.5 Å². The number of nitrogens with zero attached hydrogens (tertiary/aromatic N) is 4. The van der Waals surface area contributed by atoms with Crippen molar-refractivity contribution in [2.24, 2.45) is 5.10 Å². The average Bonchev–Trinajstić information content (AvgIpc) is 3.34. The summed E-state index contributed by atoms with van der Waals surface area (Å²) in [6, 6.07) is 10.6. The van der Waals surface area contributed by atoms with Crippen LogP contribution in [0.1, 0.15) is 23.6 Å². The summed E-state index contributed by atoms with van der Waals surface area (Å²) in [5.74, 6) is 1.31. The number of fused-ring (bicyclic) bond motifs is 2. The lowest BCUT2D eigenvalue weighted by Gasteiger charge is -2.21. The minimum atomic E-state index is -3.55. The highest BCUT2D eigenvalue weighted by molar-refractivity contribution is 7.88.